The summed E-state index contributed by atoms with van der Waals surface area (Å²) in [6.07, 6.45) is 3.40. The Hall–Kier alpha value is -0.120. The fourth-order valence-corrected chi connectivity index (χ4v) is 2.37. The van der Waals surface area contributed by atoms with Crippen molar-refractivity contribution in [1.29, 1.82) is 0 Å². The smallest absolute Gasteiger partial charge is 0.0587 e. The molecule has 1 saturated heterocycles. The molecule has 0 aromatic heterocycles. The van der Waals surface area contributed by atoms with Crippen LogP contribution in [0.1, 0.15) is 40.0 Å². The molecular weight excluding hydrogens is 202 g/mol. The van der Waals surface area contributed by atoms with E-state index in [1.807, 2.05) is 0 Å². The van der Waals surface area contributed by atoms with E-state index in [0.29, 0.717) is 17.9 Å². The van der Waals surface area contributed by atoms with E-state index in [2.05, 4.69) is 26.1 Å². The van der Waals surface area contributed by atoms with Crippen LogP contribution in [-0.2, 0) is 4.74 Å². The van der Waals surface area contributed by atoms with Crippen LogP contribution in [0.15, 0.2) is 0 Å². The first-order valence-electron chi connectivity index (χ1n) is 6.63. The molecule has 3 atom stereocenters. The van der Waals surface area contributed by atoms with Crippen molar-refractivity contribution in [3.8, 4) is 0 Å². The maximum absolute atomic E-state index is 9.39. The van der Waals surface area contributed by atoms with Gasteiger partial charge in [0.2, 0.25) is 0 Å². The third-order valence-electron chi connectivity index (χ3n) is 3.98. The summed E-state index contributed by atoms with van der Waals surface area (Å²) in [5, 5.41) is 13.0. The molecule has 0 amide bonds. The molecule has 1 fully saturated rings. The summed E-state index contributed by atoms with van der Waals surface area (Å²) >= 11 is 0. The van der Waals surface area contributed by atoms with Crippen LogP contribution in [-0.4, -0.2) is 37.0 Å². The standard InChI is InChI=1S/C13H27NO2/c1-4-10(2)13(9-15)14-11(3)12-5-7-16-8-6-12/h10-15H,4-9H2,1-3H3. The Labute approximate surface area is 99.6 Å². The second-order valence-electron chi connectivity index (χ2n) is 5.08. The summed E-state index contributed by atoms with van der Waals surface area (Å²) in [4.78, 5) is 0. The first kappa shape index (κ1) is 13.9. The lowest BCUT2D eigenvalue weighted by atomic mass is 9.90. The molecule has 0 radical (unpaired) electrons. The Morgan fingerprint density at radius 1 is 1.31 bits per heavy atom. The lowest BCUT2D eigenvalue weighted by Crippen LogP contribution is -2.47. The van der Waals surface area contributed by atoms with Crippen LogP contribution >= 0.6 is 0 Å². The van der Waals surface area contributed by atoms with Crippen molar-refractivity contribution < 1.29 is 9.84 Å². The SMILES string of the molecule is CCC(C)C(CO)NC(C)C1CCOCC1. The molecule has 0 aliphatic carbocycles. The average Bonchev–Trinajstić information content (AvgIpc) is 2.35. The van der Waals surface area contributed by atoms with Crippen LogP contribution in [0, 0.1) is 11.8 Å². The zero-order valence-electron chi connectivity index (χ0n) is 10.9. The Bertz CT molecular complexity index is 181. The molecule has 0 bridgehead atoms. The van der Waals surface area contributed by atoms with Crippen LogP contribution < -0.4 is 5.32 Å². The predicted octanol–water partition coefficient (Wildman–Crippen LogP) is 1.80. The first-order chi connectivity index (χ1) is 7.69. The fraction of sp³-hybridized carbons (Fsp3) is 1.00. The van der Waals surface area contributed by atoms with E-state index < -0.39 is 0 Å². The van der Waals surface area contributed by atoms with Crippen molar-refractivity contribution in [1.82, 2.24) is 5.32 Å². The summed E-state index contributed by atoms with van der Waals surface area (Å²) in [6.45, 7) is 8.63. The number of nitrogens with one attached hydrogen (secondary N) is 1. The van der Waals surface area contributed by atoms with Gasteiger partial charge in [-0.15, -0.1) is 0 Å². The minimum absolute atomic E-state index is 0.239. The minimum atomic E-state index is 0.239. The van der Waals surface area contributed by atoms with Gasteiger partial charge in [0.05, 0.1) is 6.61 Å². The van der Waals surface area contributed by atoms with E-state index in [0.717, 1.165) is 32.5 Å². The zero-order chi connectivity index (χ0) is 12.0. The number of hydrogen-bond acceptors (Lipinski definition) is 3. The summed E-state index contributed by atoms with van der Waals surface area (Å²) in [5.74, 6) is 1.24. The van der Waals surface area contributed by atoms with Crippen LogP contribution in [0.4, 0.5) is 0 Å². The molecule has 1 aliphatic rings. The maximum Gasteiger partial charge on any atom is 0.0587 e. The third-order valence-corrected chi connectivity index (χ3v) is 3.98. The van der Waals surface area contributed by atoms with Crippen molar-refractivity contribution in [3.05, 3.63) is 0 Å². The summed E-state index contributed by atoms with van der Waals surface area (Å²) < 4.78 is 5.37. The topological polar surface area (TPSA) is 41.5 Å². The third kappa shape index (κ3) is 4.04. The van der Waals surface area contributed by atoms with Gasteiger partial charge in [0, 0.05) is 25.3 Å². The highest BCUT2D eigenvalue weighted by Gasteiger charge is 2.24. The molecule has 0 spiro atoms. The molecule has 0 aromatic rings. The van der Waals surface area contributed by atoms with Crippen molar-refractivity contribution in [2.45, 2.75) is 52.1 Å². The summed E-state index contributed by atoms with van der Waals surface area (Å²) in [7, 11) is 0. The number of rotatable bonds is 6. The molecule has 16 heavy (non-hydrogen) atoms. The van der Waals surface area contributed by atoms with Gasteiger partial charge in [0.25, 0.3) is 0 Å². The van der Waals surface area contributed by atoms with Crippen LogP contribution in [0.5, 0.6) is 0 Å². The summed E-state index contributed by atoms with van der Waals surface area (Å²) in [6, 6.07) is 0.720. The second kappa shape index (κ2) is 7.25. The summed E-state index contributed by atoms with van der Waals surface area (Å²) in [5.41, 5.74) is 0. The Morgan fingerprint density at radius 2 is 1.94 bits per heavy atom. The van der Waals surface area contributed by atoms with Crippen LogP contribution in [0.3, 0.4) is 0 Å². The van der Waals surface area contributed by atoms with E-state index in [1.54, 1.807) is 0 Å². The first-order valence-corrected chi connectivity index (χ1v) is 6.63. The Balaban J connectivity index is 2.37. The zero-order valence-corrected chi connectivity index (χ0v) is 10.9. The van der Waals surface area contributed by atoms with E-state index in [-0.39, 0.29) is 12.6 Å². The molecule has 1 heterocycles. The monoisotopic (exact) mass is 229 g/mol. The molecule has 2 N–H and O–H groups in total. The number of hydrogen-bond donors (Lipinski definition) is 2. The number of aliphatic hydroxyl groups excluding tert-OH is 1. The van der Waals surface area contributed by atoms with Gasteiger partial charge >= 0.3 is 0 Å². The quantitative estimate of drug-likeness (QED) is 0.730. The van der Waals surface area contributed by atoms with E-state index in [1.165, 1.54) is 0 Å². The Kier molecular flexibility index (Phi) is 6.32. The van der Waals surface area contributed by atoms with Crippen molar-refractivity contribution in [3.63, 3.8) is 0 Å². The van der Waals surface area contributed by atoms with E-state index in [4.69, 9.17) is 4.74 Å². The minimum Gasteiger partial charge on any atom is -0.395 e. The lowest BCUT2D eigenvalue weighted by Gasteiger charge is -2.33. The van der Waals surface area contributed by atoms with Gasteiger partial charge in [0.15, 0.2) is 0 Å². The van der Waals surface area contributed by atoms with Crippen LogP contribution in [0.25, 0.3) is 0 Å². The highest BCUT2D eigenvalue weighted by molar-refractivity contribution is 4.80. The molecular formula is C13H27NO2. The lowest BCUT2D eigenvalue weighted by molar-refractivity contribution is 0.0510. The second-order valence-corrected chi connectivity index (χ2v) is 5.08. The van der Waals surface area contributed by atoms with E-state index >= 15 is 0 Å². The molecule has 1 rings (SSSR count). The maximum atomic E-state index is 9.39. The van der Waals surface area contributed by atoms with Crippen molar-refractivity contribution in [2.24, 2.45) is 11.8 Å². The molecule has 0 aromatic carbocycles. The molecule has 3 heteroatoms. The molecule has 3 nitrogen and oxygen atoms in total. The van der Waals surface area contributed by atoms with E-state index in [9.17, 15) is 5.11 Å². The number of ether oxygens (including phenoxy) is 1. The van der Waals surface area contributed by atoms with Gasteiger partial charge in [0.1, 0.15) is 0 Å². The van der Waals surface area contributed by atoms with Crippen molar-refractivity contribution >= 4 is 0 Å². The van der Waals surface area contributed by atoms with Gasteiger partial charge in [-0.2, -0.15) is 0 Å². The molecule has 96 valence electrons. The molecule has 0 saturated carbocycles. The van der Waals surface area contributed by atoms with Gasteiger partial charge < -0.3 is 15.2 Å². The Morgan fingerprint density at radius 3 is 2.44 bits per heavy atom. The van der Waals surface area contributed by atoms with Gasteiger partial charge in [-0.05, 0) is 31.6 Å². The highest BCUT2D eigenvalue weighted by Crippen LogP contribution is 2.20. The average molecular weight is 229 g/mol. The van der Waals surface area contributed by atoms with Crippen molar-refractivity contribution in [2.75, 3.05) is 19.8 Å². The normalized spacial score (nSPS) is 24.0. The largest absolute Gasteiger partial charge is 0.395 e. The van der Waals surface area contributed by atoms with Gasteiger partial charge in [-0.1, -0.05) is 20.3 Å². The van der Waals surface area contributed by atoms with Gasteiger partial charge in [-0.25, -0.2) is 0 Å². The van der Waals surface area contributed by atoms with Gasteiger partial charge in [-0.3, -0.25) is 0 Å². The molecule has 3 unspecified atom stereocenters. The fourth-order valence-electron chi connectivity index (χ4n) is 2.37. The molecule has 1 aliphatic heterocycles. The number of aliphatic hydroxyl groups is 1. The van der Waals surface area contributed by atoms with Crippen LogP contribution in [0.2, 0.25) is 0 Å². The predicted molar refractivity (Wildman–Crippen MR) is 66.5 cm³/mol. The highest BCUT2D eigenvalue weighted by atomic mass is 16.5.